The zero-order valence-electron chi connectivity index (χ0n) is 10.5. The molecule has 104 valence electrons. The van der Waals surface area contributed by atoms with Crippen LogP contribution < -0.4 is 4.90 Å². The molecule has 1 aliphatic rings. The van der Waals surface area contributed by atoms with E-state index < -0.39 is 0 Å². The molecule has 0 saturated heterocycles. The van der Waals surface area contributed by atoms with Crippen LogP contribution in [0.25, 0.3) is 0 Å². The zero-order valence-corrected chi connectivity index (χ0v) is 12.0. The molecule has 0 bridgehead atoms. The molecule has 0 saturated carbocycles. The highest BCUT2D eigenvalue weighted by Gasteiger charge is 2.21. The Morgan fingerprint density at radius 2 is 2.00 bits per heavy atom. The van der Waals surface area contributed by atoms with Crippen LogP contribution in [-0.2, 0) is 13.0 Å². The molecule has 1 aliphatic heterocycles. The predicted molar refractivity (Wildman–Crippen MR) is 79.3 cm³/mol. The molecule has 20 heavy (non-hydrogen) atoms. The van der Waals surface area contributed by atoms with Gasteiger partial charge in [-0.15, -0.1) is 0 Å². The van der Waals surface area contributed by atoms with E-state index in [1.54, 1.807) is 12.1 Å². The van der Waals surface area contributed by atoms with Gasteiger partial charge in [-0.25, -0.2) is 4.39 Å². The third-order valence-corrected chi connectivity index (χ3v) is 4.01. The van der Waals surface area contributed by atoms with Gasteiger partial charge in [-0.2, -0.15) is 0 Å². The van der Waals surface area contributed by atoms with E-state index in [9.17, 15) is 9.50 Å². The normalized spacial score (nSPS) is 13.7. The molecular formula is C15H12Cl2FNO. The first-order valence-corrected chi connectivity index (χ1v) is 7.00. The molecule has 0 aliphatic carbocycles. The van der Waals surface area contributed by atoms with E-state index in [0.29, 0.717) is 17.1 Å². The number of nitrogens with zero attached hydrogens (tertiary/aromatic N) is 1. The summed E-state index contributed by atoms with van der Waals surface area (Å²) in [6, 6.07) is 7.97. The van der Waals surface area contributed by atoms with Gasteiger partial charge in [-0.3, -0.25) is 0 Å². The van der Waals surface area contributed by atoms with Crippen molar-refractivity contribution in [1.82, 2.24) is 0 Å². The first-order chi connectivity index (χ1) is 9.54. The van der Waals surface area contributed by atoms with Gasteiger partial charge in [0.1, 0.15) is 11.6 Å². The Morgan fingerprint density at radius 1 is 1.20 bits per heavy atom. The molecule has 5 heteroatoms. The van der Waals surface area contributed by atoms with Gasteiger partial charge in [0.15, 0.2) is 0 Å². The molecular weight excluding hydrogens is 300 g/mol. The summed E-state index contributed by atoms with van der Waals surface area (Å²) in [5.74, 6) is -0.232. The average molecular weight is 312 g/mol. The molecule has 0 radical (unpaired) electrons. The molecule has 0 spiro atoms. The van der Waals surface area contributed by atoms with Gasteiger partial charge in [0, 0.05) is 29.4 Å². The van der Waals surface area contributed by atoms with E-state index in [0.717, 1.165) is 24.2 Å². The number of phenolic OH excluding ortho intramolecular Hbond substituents is 1. The largest absolute Gasteiger partial charge is 0.506 e. The molecule has 1 heterocycles. The lowest BCUT2D eigenvalue weighted by Gasteiger charge is -2.20. The lowest BCUT2D eigenvalue weighted by atomic mass is 10.1. The highest BCUT2D eigenvalue weighted by Crippen LogP contribution is 2.35. The van der Waals surface area contributed by atoms with Gasteiger partial charge >= 0.3 is 0 Å². The summed E-state index contributed by atoms with van der Waals surface area (Å²) < 4.78 is 13.4. The van der Waals surface area contributed by atoms with E-state index in [2.05, 4.69) is 0 Å². The van der Waals surface area contributed by atoms with Crippen molar-refractivity contribution in [3.63, 3.8) is 0 Å². The Hall–Kier alpha value is -1.45. The third-order valence-electron chi connectivity index (χ3n) is 3.51. The summed E-state index contributed by atoms with van der Waals surface area (Å²) in [4.78, 5) is 2.01. The second-order valence-corrected chi connectivity index (χ2v) is 5.68. The lowest BCUT2D eigenvalue weighted by molar-refractivity contribution is 0.467. The summed E-state index contributed by atoms with van der Waals surface area (Å²) in [7, 11) is 0. The van der Waals surface area contributed by atoms with Crippen LogP contribution in [0, 0.1) is 5.82 Å². The minimum Gasteiger partial charge on any atom is -0.506 e. The zero-order chi connectivity index (χ0) is 14.3. The molecule has 2 nitrogen and oxygen atoms in total. The fourth-order valence-corrected chi connectivity index (χ4v) is 3.06. The summed E-state index contributed by atoms with van der Waals surface area (Å²) >= 11 is 11.9. The molecule has 2 aromatic rings. The Kier molecular flexibility index (Phi) is 3.48. The van der Waals surface area contributed by atoms with Crippen molar-refractivity contribution in [1.29, 1.82) is 0 Å². The highest BCUT2D eigenvalue weighted by molar-refractivity contribution is 6.35. The van der Waals surface area contributed by atoms with Gasteiger partial charge in [0.25, 0.3) is 0 Å². The fraction of sp³-hybridized carbons (Fsp3) is 0.200. The van der Waals surface area contributed by atoms with E-state index in [-0.39, 0.29) is 16.6 Å². The van der Waals surface area contributed by atoms with Crippen LogP contribution >= 0.6 is 23.2 Å². The van der Waals surface area contributed by atoms with Crippen molar-refractivity contribution in [3.05, 3.63) is 57.3 Å². The van der Waals surface area contributed by atoms with Crippen molar-refractivity contribution in [3.8, 4) is 5.75 Å². The number of rotatable bonds is 2. The molecule has 1 N–H and O–H groups in total. The van der Waals surface area contributed by atoms with Crippen LogP contribution in [0.5, 0.6) is 5.75 Å². The Morgan fingerprint density at radius 3 is 2.80 bits per heavy atom. The monoisotopic (exact) mass is 311 g/mol. The quantitative estimate of drug-likeness (QED) is 0.888. The molecule has 0 atom stereocenters. The van der Waals surface area contributed by atoms with Crippen LogP contribution in [0.1, 0.15) is 11.1 Å². The Labute approximate surface area is 126 Å². The smallest absolute Gasteiger partial charge is 0.139 e. The first-order valence-electron chi connectivity index (χ1n) is 6.25. The van der Waals surface area contributed by atoms with E-state index >= 15 is 0 Å². The maximum absolute atomic E-state index is 13.4. The molecule has 0 aromatic heterocycles. The average Bonchev–Trinajstić information content (AvgIpc) is 2.78. The van der Waals surface area contributed by atoms with Gasteiger partial charge in [-0.1, -0.05) is 29.3 Å². The molecule has 3 rings (SSSR count). The van der Waals surface area contributed by atoms with Gasteiger partial charge < -0.3 is 10.0 Å². The standard InChI is InChI=1S/C15H12Cl2FNO/c16-11-5-10(15(20)13(17)6-11)8-19-4-3-9-1-2-12(18)7-14(9)19/h1-2,5-7,20H,3-4,8H2. The number of fused-ring (bicyclic) bond motifs is 1. The summed E-state index contributed by atoms with van der Waals surface area (Å²) in [5, 5.41) is 10.7. The van der Waals surface area contributed by atoms with Crippen molar-refractivity contribution in [2.75, 3.05) is 11.4 Å². The SMILES string of the molecule is Oc1c(Cl)cc(Cl)cc1CN1CCc2ccc(F)cc21. The van der Waals surface area contributed by atoms with Crippen LogP contribution in [0.15, 0.2) is 30.3 Å². The number of hydrogen-bond donors (Lipinski definition) is 1. The number of aromatic hydroxyl groups is 1. The lowest BCUT2D eigenvalue weighted by Crippen LogP contribution is -2.19. The van der Waals surface area contributed by atoms with Gasteiger partial charge in [0.05, 0.1) is 5.02 Å². The van der Waals surface area contributed by atoms with Crippen LogP contribution in [0.3, 0.4) is 0 Å². The number of anilines is 1. The minimum absolute atomic E-state index is 0.0286. The minimum atomic E-state index is -0.260. The van der Waals surface area contributed by atoms with Crippen molar-refractivity contribution < 1.29 is 9.50 Å². The number of benzene rings is 2. The van der Waals surface area contributed by atoms with E-state index in [1.165, 1.54) is 18.2 Å². The summed E-state index contributed by atoms with van der Waals surface area (Å²) in [6.07, 6.45) is 0.866. The fourth-order valence-electron chi connectivity index (χ4n) is 2.53. The maximum atomic E-state index is 13.4. The van der Waals surface area contributed by atoms with Crippen LogP contribution in [0.2, 0.25) is 10.0 Å². The summed E-state index contributed by atoms with van der Waals surface area (Å²) in [6.45, 7) is 1.23. The molecule has 0 amide bonds. The van der Waals surface area contributed by atoms with Crippen LogP contribution in [-0.4, -0.2) is 11.7 Å². The Balaban J connectivity index is 1.93. The van der Waals surface area contributed by atoms with Gasteiger partial charge in [0.2, 0.25) is 0 Å². The topological polar surface area (TPSA) is 23.5 Å². The molecule has 2 aromatic carbocycles. The second-order valence-electron chi connectivity index (χ2n) is 4.84. The van der Waals surface area contributed by atoms with Crippen molar-refractivity contribution in [2.45, 2.75) is 13.0 Å². The molecule has 0 fully saturated rings. The summed E-state index contributed by atoms with van der Waals surface area (Å²) in [5.41, 5.74) is 2.61. The van der Waals surface area contributed by atoms with E-state index in [1.807, 2.05) is 4.90 Å². The Bertz CT molecular complexity index is 675. The number of halogens is 3. The number of phenols is 1. The molecule has 0 unspecified atom stereocenters. The second kappa shape index (κ2) is 5.15. The highest BCUT2D eigenvalue weighted by atomic mass is 35.5. The third kappa shape index (κ3) is 2.43. The van der Waals surface area contributed by atoms with Crippen molar-refractivity contribution >= 4 is 28.9 Å². The predicted octanol–water partition coefficient (Wildman–Crippen LogP) is 4.40. The van der Waals surface area contributed by atoms with Crippen LogP contribution in [0.4, 0.5) is 10.1 Å². The first kappa shape index (κ1) is 13.5. The maximum Gasteiger partial charge on any atom is 0.139 e. The van der Waals surface area contributed by atoms with Crippen molar-refractivity contribution in [2.24, 2.45) is 0 Å². The number of hydrogen-bond acceptors (Lipinski definition) is 2. The van der Waals surface area contributed by atoms with Gasteiger partial charge in [-0.05, 0) is 36.2 Å². The van der Waals surface area contributed by atoms with E-state index in [4.69, 9.17) is 23.2 Å².